The number of aromatic nitrogens is 2. The van der Waals surface area contributed by atoms with Gasteiger partial charge in [-0.2, -0.15) is 5.10 Å². The summed E-state index contributed by atoms with van der Waals surface area (Å²) in [7, 11) is 0. The lowest BCUT2D eigenvalue weighted by Gasteiger charge is -2.28. The van der Waals surface area contributed by atoms with E-state index in [-0.39, 0.29) is 17.2 Å². The maximum Gasteiger partial charge on any atom is 0.245 e. The standard InChI is InChI=1S/C11H15ClN4O2/c12-9-5-4-7(15-16-9)10(11(17)14-13)8-3-1-2-6-18-8/h4-5,8,10H,1-3,6,13H2,(H,14,17). The summed E-state index contributed by atoms with van der Waals surface area (Å²) in [5, 5.41) is 7.98. The minimum atomic E-state index is -0.542. The molecule has 1 aromatic rings. The average molecular weight is 271 g/mol. The Labute approximate surface area is 110 Å². The van der Waals surface area contributed by atoms with E-state index in [0.717, 1.165) is 19.3 Å². The highest BCUT2D eigenvalue weighted by Crippen LogP contribution is 2.27. The first kappa shape index (κ1) is 13.2. The summed E-state index contributed by atoms with van der Waals surface area (Å²) in [6.45, 7) is 0.653. The van der Waals surface area contributed by atoms with Crippen LogP contribution in [-0.4, -0.2) is 28.8 Å². The zero-order valence-corrected chi connectivity index (χ0v) is 10.6. The van der Waals surface area contributed by atoms with Crippen LogP contribution in [0.15, 0.2) is 12.1 Å². The number of rotatable bonds is 3. The molecule has 1 aromatic heterocycles. The van der Waals surface area contributed by atoms with Crippen molar-refractivity contribution in [2.24, 2.45) is 5.84 Å². The number of nitrogens with one attached hydrogen (secondary N) is 1. The number of halogens is 1. The van der Waals surface area contributed by atoms with Gasteiger partial charge in [-0.05, 0) is 31.4 Å². The molecule has 3 N–H and O–H groups in total. The Morgan fingerprint density at radius 3 is 2.89 bits per heavy atom. The van der Waals surface area contributed by atoms with Crippen molar-refractivity contribution in [1.82, 2.24) is 15.6 Å². The van der Waals surface area contributed by atoms with Crippen LogP contribution in [0.25, 0.3) is 0 Å². The summed E-state index contributed by atoms with van der Waals surface area (Å²) in [5.74, 6) is 4.36. The molecule has 1 aliphatic rings. The van der Waals surface area contributed by atoms with Crippen molar-refractivity contribution < 1.29 is 9.53 Å². The fourth-order valence-electron chi connectivity index (χ4n) is 2.10. The number of amides is 1. The summed E-state index contributed by atoms with van der Waals surface area (Å²) < 4.78 is 5.63. The lowest BCUT2D eigenvalue weighted by molar-refractivity contribution is -0.127. The lowest BCUT2D eigenvalue weighted by atomic mass is 9.92. The van der Waals surface area contributed by atoms with Gasteiger partial charge in [0.1, 0.15) is 5.92 Å². The molecule has 0 aromatic carbocycles. The summed E-state index contributed by atoms with van der Waals surface area (Å²) in [4.78, 5) is 11.9. The van der Waals surface area contributed by atoms with Gasteiger partial charge in [0.25, 0.3) is 0 Å². The van der Waals surface area contributed by atoms with Crippen LogP contribution < -0.4 is 11.3 Å². The number of nitrogens with zero attached hydrogens (tertiary/aromatic N) is 2. The van der Waals surface area contributed by atoms with E-state index in [1.54, 1.807) is 12.1 Å². The molecule has 1 fully saturated rings. The Kier molecular flexibility index (Phi) is 4.46. The summed E-state index contributed by atoms with van der Waals surface area (Å²) in [6, 6.07) is 3.27. The number of hydrogen-bond donors (Lipinski definition) is 2. The molecule has 0 radical (unpaired) electrons. The topological polar surface area (TPSA) is 90.1 Å². The predicted octanol–water partition coefficient (Wildman–Crippen LogP) is 0.773. The quantitative estimate of drug-likeness (QED) is 0.481. The second-order valence-corrected chi connectivity index (χ2v) is 4.56. The molecule has 6 nitrogen and oxygen atoms in total. The monoisotopic (exact) mass is 270 g/mol. The van der Waals surface area contributed by atoms with Crippen molar-refractivity contribution in [2.75, 3.05) is 6.61 Å². The zero-order chi connectivity index (χ0) is 13.0. The number of carbonyl (C=O) groups is 1. The molecule has 0 aliphatic carbocycles. The smallest absolute Gasteiger partial charge is 0.245 e. The molecule has 1 aliphatic heterocycles. The van der Waals surface area contributed by atoms with Crippen LogP contribution >= 0.6 is 11.6 Å². The maximum atomic E-state index is 11.9. The van der Waals surface area contributed by atoms with E-state index in [0.29, 0.717) is 12.3 Å². The molecule has 2 atom stereocenters. The number of carbonyl (C=O) groups excluding carboxylic acids is 1. The molecule has 98 valence electrons. The van der Waals surface area contributed by atoms with Gasteiger partial charge in [-0.25, -0.2) is 5.84 Å². The SMILES string of the molecule is NNC(=O)C(c1ccc(Cl)nn1)C1CCCCO1. The third kappa shape index (κ3) is 2.95. The fourth-order valence-corrected chi connectivity index (χ4v) is 2.20. The van der Waals surface area contributed by atoms with E-state index in [1.807, 2.05) is 0 Å². The molecule has 0 bridgehead atoms. The highest BCUT2D eigenvalue weighted by Gasteiger charge is 2.33. The second kappa shape index (κ2) is 6.08. The van der Waals surface area contributed by atoms with Crippen LogP contribution in [0.1, 0.15) is 30.9 Å². The third-order valence-corrected chi connectivity index (χ3v) is 3.18. The van der Waals surface area contributed by atoms with Crippen LogP contribution in [0, 0.1) is 0 Å². The van der Waals surface area contributed by atoms with Gasteiger partial charge >= 0.3 is 0 Å². The van der Waals surface area contributed by atoms with Gasteiger partial charge in [0.2, 0.25) is 5.91 Å². The largest absolute Gasteiger partial charge is 0.377 e. The van der Waals surface area contributed by atoms with E-state index in [2.05, 4.69) is 15.6 Å². The normalized spacial score (nSPS) is 21.3. The molecule has 2 unspecified atom stereocenters. The van der Waals surface area contributed by atoms with Crippen molar-refractivity contribution >= 4 is 17.5 Å². The van der Waals surface area contributed by atoms with Crippen LogP contribution in [0.2, 0.25) is 5.15 Å². The van der Waals surface area contributed by atoms with Gasteiger partial charge in [0, 0.05) is 6.61 Å². The van der Waals surface area contributed by atoms with Crippen LogP contribution in [0.3, 0.4) is 0 Å². The van der Waals surface area contributed by atoms with E-state index in [9.17, 15) is 4.79 Å². The van der Waals surface area contributed by atoms with E-state index in [4.69, 9.17) is 22.2 Å². The summed E-state index contributed by atoms with van der Waals surface area (Å²) in [5.41, 5.74) is 2.68. The van der Waals surface area contributed by atoms with E-state index >= 15 is 0 Å². The van der Waals surface area contributed by atoms with Crippen LogP contribution in [0.4, 0.5) is 0 Å². The molecular formula is C11H15ClN4O2. The van der Waals surface area contributed by atoms with E-state index in [1.165, 1.54) is 0 Å². The predicted molar refractivity (Wildman–Crippen MR) is 65.7 cm³/mol. The Morgan fingerprint density at radius 1 is 1.50 bits per heavy atom. The second-order valence-electron chi connectivity index (χ2n) is 4.17. The van der Waals surface area contributed by atoms with Gasteiger partial charge in [-0.3, -0.25) is 10.2 Å². The Hall–Kier alpha value is -1.24. The lowest BCUT2D eigenvalue weighted by Crippen LogP contribution is -2.42. The highest BCUT2D eigenvalue weighted by molar-refractivity contribution is 6.29. The van der Waals surface area contributed by atoms with Gasteiger partial charge in [-0.1, -0.05) is 11.6 Å². The minimum Gasteiger partial charge on any atom is -0.377 e. The van der Waals surface area contributed by atoms with Crippen molar-refractivity contribution in [3.05, 3.63) is 23.0 Å². The molecule has 2 rings (SSSR count). The van der Waals surface area contributed by atoms with E-state index < -0.39 is 5.92 Å². The molecule has 2 heterocycles. The number of hydrogen-bond acceptors (Lipinski definition) is 5. The third-order valence-electron chi connectivity index (χ3n) is 2.98. The number of nitrogens with two attached hydrogens (primary N) is 1. The first-order valence-electron chi connectivity index (χ1n) is 5.83. The first-order valence-corrected chi connectivity index (χ1v) is 6.21. The fraction of sp³-hybridized carbons (Fsp3) is 0.545. The molecule has 0 spiro atoms. The van der Waals surface area contributed by atoms with Crippen molar-refractivity contribution in [3.8, 4) is 0 Å². The van der Waals surface area contributed by atoms with Crippen LogP contribution in [-0.2, 0) is 9.53 Å². The zero-order valence-electron chi connectivity index (χ0n) is 9.80. The minimum absolute atomic E-state index is 0.210. The molecule has 0 saturated carbocycles. The Morgan fingerprint density at radius 2 is 2.33 bits per heavy atom. The van der Waals surface area contributed by atoms with Crippen molar-refractivity contribution in [2.45, 2.75) is 31.3 Å². The van der Waals surface area contributed by atoms with Gasteiger partial charge in [-0.15, -0.1) is 5.10 Å². The Balaban J connectivity index is 2.23. The number of hydrazine groups is 1. The van der Waals surface area contributed by atoms with Crippen LogP contribution in [0.5, 0.6) is 0 Å². The molecule has 18 heavy (non-hydrogen) atoms. The summed E-state index contributed by atoms with van der Waals surface area (Å²) >= 11 is 5.69. The molecular weight excluding hydrogens is 256 g/mol. The molecule has 1 saturated heterocycles. The van der Waals surface area contributed by atoms with Gasteiger partial charge < -0.3 is 4.74 Å². The highest BCUT2D eigenvalue weighted by atomic mass is 35.5. The molecule has 1 amide bonds. The Bertz CT molecular complexity index is 406. The number of ether oxygens (including phenoxy) is 1. The molecule has 7 heteroatoms. The first-order chi connectivity index (χ1) is 8.72. The van der Waals surface area contributed by atoms with Gasteiger partial charge in [0.05, 0.1) is 11.8 Å². The maximum absolute atomic E-state index is 11.9. The average Bonchev–Trinajstić information content (AvgIpc) is 2.42. The van der Waals surface area contributed by atoms with Crippen molar-refractivity contribution in [1.29, 1.82) is 0 Å². The van der Waals surface area contributed by atoms with Gasteiger partial charge in [0.15, 0.2) is 5.15 Å². The van der Waals surface area contributed by atoms with Crippen molar-refractivity contribution in [3.63, 3.8) is 0 Å². The summed E-state index contributed by atoms with van der Waals surface area (Å²) in [6.07, 6.45) is 2.64.